The number of aliphatic hydroxyl groups is 1. The summed E-state index contributed by atoms with van der Waals surface area (Å²) in [6.07, 6.45) is -0.864. The normalized spacial score (nSPS) is 15.2. The van der Waals surface area contributed by atoms with Crippen LogP contribution in [0.3, 0.4) is 0 Å². The molecule has 0 fully saturated rings. The molecule has 2 aromatic rings. The number of fused-ring (bicyclic) bond motifs is 1. The number of ether oxygens (including phenoxy) is 2. The first-order valence-electron chi connectivity index (χ1n) is 5.90. The number of aliphatic hydroxyl groups excluding tert-OH is 1. The molecule has 0 amide bonds. The van der Waals surface area contributed by atoms with E-state index in [1.807, 2.05) is 0 Å². The summed E-state index contributed by atoms with van der Waals surface area (Å²) in [7, 11) is 1.73. The lowest BCUT2D eigenvalue weighted by Gasteiger charge is -2.21. The molecule has 0 saturated carbocycles. The lowest BCUT2D eigenvalue weighted by Crippen LogP contribution is -2.16. The van der Waals surface area contributed by atoms with Crippen molar-refractivity contribution in [3.05, 3.63) is 32.5 Å². The maximum atomic E-state index is 10.5. The van der Waals surface area contributed by atoms with Gasteiger partial charge >= 0.3 is 0 Å². The van der Waals surface area contributed by atoms with Crippen molar-refractivity contribution in [3.8, 4) is 11.5 Å². The topological polar surface area (TPSA) is 69.4 Å². The van der Waals surface area contributed by atoms with E-state index in [2.05, 4.69) is 42.2 Å². The Labute approximate surface area is 131 Å². The van der Waals surface area contributed by atoms with E-state index in [0.717, 1.165) is 4.47 Å². The Balaban J connectivity index is 2.04. The molecular weight excluding hydrogens is 394 g/mol. The fourth-order valence-corrected chi connectivity index (χ4v) is 3.19. The van der Waals surface area contributed by atoms with E-state index in [0.29, 0.717) is 40.6 Å². The van der Waals surface area contributed by atoms with Crippen LogP contribution >= 0.6 is 31.9 Å². The Kier molecular flexibility index (Phi) is 3.70. The molecule has 1 N–H and O–H groups in total. The van der Waals surface area contributed by atoms with Crippen molar-refractivity contribution in [2.45, 2.75) is 6.10 Å². The molecule has 3 rings (SSSR count). The van der Waals surface area contributed by atoms with Gasteiger partial charge in [0.2, 0.25) is 0 Å². The Bertz CT molecular complexity index is 640. The maximum Gasteiger partial charge on any atom is 0.175 e. The molecule has 0 aliphatic carbocycles. The van der Waals surface area contributed by atoms with Crippen LogP contribution in [0, 0.1) is 0 Å². The second kappa shape index (κ2) is 5.34. The summed E-state index contributed by atoms with van der Waals surface area (Å²) in [5.41, 5.74) is 1.25. The van der Waals surface area contributed by atoms with E-state index in [1.165, 1.54) is 4.68 Å². The SMILES string of the molecule is Cn1nnc(Br)c1C(O)c1cc(Br)c2c(c1)OCCO2. The van der Waals surface area contributed by atoms with Crippen LogP contribution in [-0.2, 0) is 7.05 Å². The summed E-state index contributed by atoms with van der Waals surface area (Å²) >= 11 is 6.72. The molecular formula is C12H11Br2N3O3. The maximum absolute atomic E-state index is 10.5. The van der Waals surface area contributed by atoms with E-state index in [4.69, 9.17) is 9.47 Å². The first-order chi connectivity index (χ1) is 9.58. The summed E-state index contributed by atoms with van der Waals surface area (Å²) in [6.45, 7) is 1.01. The quantitative estimate of drug-likeness (QED) is 0.830. The third-order valence-electron chi connectivity index (χ3n) is 3.02. The van der Waals surface area contributed by atoms with Gasteiger partial charge in [-0.1, -0.05) is 5.21 Å². The second-order valence-electron chi connectivity index (χ2n) is 4.32. The van der Waals surface area contributed by atoms with Crippen LogP contribution in [0.15, 0.2) is 21.2 Å². The molecule has 1 aromatic heterocycles. The van der Waals surface area contributed by atoms with Gasteiger partial charge in [0.1, 0.15) is 25.0 Å². The van der Waals surface area contributed by atoms with Crippen molar-refractivity contribution >= 4 is 31.9 Å². The number of nitrogens with zero attached hydrogens (tertiary/aromatic N) is 3. The van der Waals surface area contributed by atoms with Crippen molar-refractivity contribution in [3.63, 3.8) is 0 Å². The molecule has 1 aromatic carbocycles. The van der Waals surface area contributed by atoms with Gasteiger partial charge in [0, 0.05) is 7.05 Å². The molecule has 0 saturated heterocycles. The van der Waals surface area contributed by atoms with E-state index < -0.39 is 6.10 Å². The molecule has 0 spiro atoms. The summed E-state index contributed by atoms with van der Waals surface area (Å²) in [5.74, 6) is 1.28. The van der Waals surface area contributed by atoms with E-state index in [-0.39, 0.29) is 0 Å². The third kappa shape index (κ3) is 2.32. The van der Waals surface area contributed by atoms with Crippen LogP contribution < -0.4 is 9.47 Å². The molecule has 8 heteroatoms. The first-order valence-corrected chi connectivity index (χ1v) is 7.48. The monoisotopic (exact) mass is 403 g/mol. The Morgan fingerprint density at radius 1 is 1.30 bits per heavy atom. The van der Waals surface area contributed by atoms with E-state index in [9.17, 15) is 5.11 Å². The molecule has 1 unspecified atom stereocenters. The minimum absolute atomic E-state index is 0.496. The van der Waals surface area contributed by atoms with Crippen LogP contribution in [0.4, 0.5) is 0 Å². The lowest BCUT2D eigenvalue weighted by atomic mass is 10.1. The molecule has 20 heavy (non-hydrogen) atoms. The Hall–Kier alpha value is -1.12. The molecule has 106 valence electrons. The van der Waals surface area contributed by atoms with Crippen molar-refractivity contribution in [2.75, 3.05) is 13.2 Å². The van der Waals surface area contributed by atoms with Gasteiger partial charge < -0.3 is 14.6 Å². The predicted molar refractivity (Wildman–Crippen MR) is 77.9 cm³/mol. The average Bonchev–Trinajstić information content (AvgIpc) is 2.77. The number of hydrogen-bond acceptors (Lipinski definition) is 5. The first kappa shape index (κ1) is 13.8. The minimum atomic E-state index is -0.864. The Morgan fingerprint density at radius 3 is 2.75 bits per heavy atom. The molecule has 1 aliphatic rings. The molecule has 1 aliphatic heterocycles. The fourth-order valence-electron chi connectivity index (χ4n) is 2.08. The van der Waals surface area contributed by atoms with Gasteiger partial charge in [-0.25, -0.2) is 4.68 Å². The van der Waals surface area contributed by atoms with Crippen LogP contribution in [0.25, 0.3) is 0 Å². The van der Waals surface area contributed by atoms with Crippen LogP contribution in [0.5, 0.6) is 11.5 Å². The smallest absolute Gasteiger partial charge is 0.175 e. The molecule has 1 atom stereocenters. The number of aryl methyl sites for hydroxylation is 1. The van der Waals surface area contributed by atoms with Gasteiger partial charge in [0.15, 0.2) is 16.1 Å². The zero-order valence-corrected chi connectivity index (χ0v) is 13.7. The van der Waals surface area contributed by atoms with Crippen molar-refractivity contribution in [1.82, 2.24) is 15.0 Å². The zero-order valence-electron chi connectivity index (χ0n) is 10.5. The largest absolute Gasteiger partial charge is 0.486 e. The molecule has 2 heterocycles. The van der Waals surface area contributed by atoms with Gasteiger partial charge in [-0.15, -0.1) is 5.10 Å². The van der Waals surface area contributed by atoms with Gasteiger partial charge in [-0.05, 0) is 49.6 Å². The third-order valence-corrected chi connectivity index (χ3v) is 4.17. The highest BCUT2D eigenvalue weighted by Crippen LogP contribution is 2.41. The highest BCUT2D eigenvalue weighted by atomic mass is 79.9. The van der Waals surface area contributed by atoms with Gasteiger partial charge in [-0.3, -0.25) is 0 Å². The summed E-state index contributed by atoms with van der Waals surface area (Å²) in [4.78, 5) is 0. The summed E-state index contributed by atoms with van der Waals surface area (Å²) < 4.78 is 13.9. The Morgan fingerprint density at radius 2 is 2.05 bits per heavy atom. The lowest BCUT2D eigenvalue weighted by molar-refractivity contribution is 0.168. The van der Waals surface area contributed by atoms with E-state index in [1.54, 1.807) is 19.2 Å². The highest BCUT2D eigenvalue weighted by Gasteiger charge is 2.24. The number of hydrogen-bond donors (Lipinski definition) is 1. The van der Waals surface area contributed by atoms with Crippen LogP contribution in [0.2, 0.25) is 0 Å². The van der Waals surface area contributed by atoms with Crippen molar-refractivity contribution in [1.29, 1.82) is 0 Å². The van der Waals surface area contributed by atoms with Gasteiger partial charge in [0.05, 0.1) is 4.47 Å². The van der Waals surface area contributed by atoms with Gasteiger partial charge in [-0.2, -0.15) is 0 Å². The van der Waals surface area contributed by atoms with E-state index >= 15 is 0 Å². The average molecular weight is 405 g/mol. The molecule has 0 radical (unpaired) electrons. The minimum Gasteiger partial charge on any atom is -0.486 e. The predicted octanol–water partition coefficient (Wildman–Crippen LogP) is 2.19. The highest BCUT2D eigenvalue weighted by molar-refractivity contribution is 9.10. The molecule has 0 bridgehead atoms. The van der Waals surface area contributed by atoms with Crippen molar-refractivity contribution < 1.29 is 14.6 Å². The number of rotatable bonds is 2. The standard InChI is InChI=1S/C12H11Br2N3O3/c1-17-9(12(14)15-16-17)10(18)6-4-7(13)11-8(5-6)19-2-3-20-11/h4-5,10,18H,2-3H2,1H3. The number of aromatic nitrogens is 3. The zero-order chi connectivity index (χ0) is 14.3. The fraction of sp³-hybridized carbons (Fsp3) is 0.333. The second-order valence-corrected chi connectivity index (χ2v) is 5.92. The summed E-state index contributed by atoms with van der Waals surface area (Å²) in [5, 5.41) is 18.3. The molecule has 6 nitrogen and oxygen atoms in total. The van der Waals surface area contributed by atoms with Crippen molar-refractivity contribution in [2.24, 2.45) is 7.05 Å². The number of halogens is 2. The van der Waals surface area contributed by atoms with Crippen LogP contribution in [-0.4, -0.2) is 33.3 Å². The number of benzene rings is 1. The summed E-state index contributed by atoms with van der Waals surface area (Å²) in [6, 6.07) is 3.57. The van der Waals surface area contributed by atoms with Crippen LogP contribution in [0.1, 0.15) is 17.4 Å². The van der Waals surface area contributed by atoms with Gasteiger partial charge in [0.25, 0.3) is 0 Å².